The van der Waals surface area contributed by atoms with E-state index in [1.165, 1.54) is 6.07 Å². The average molecular weight is 308 g/mol. The molecule has 1 unspecified atom stereocenters. The number of hydrogen-bond acceptors (Lipinski definition) is 1. The van der Waals surface area contributed by atoms with E-state index >= 15 is 0 Å². The van der Waals surface area contributed by atoms with Crippen molar-refractivity contribution in [3.8, 4) is 0 Å². The fourth-order valence-electron chi connectivity index (χ4n) is 2.11. The van der Waals surface area contributed by atoms with Crippen molar-refractivity contribution in [1.29, 1.82) is 0 Å². The van der Waals surface area contributed by atoms with Crippen LogP contribution in [0.15, 0.2) is 46.9 Å². The lowest BCUT2D eigenvalue weighted by molar-refractivity contribution is 0.615. The number of hydrogen-bond donors (Lipinski definition) is 1. The summed E-state index contributed by atoms with van der Waals surface area (Å²) in [4.78, 5) is 0. The van der Waals surface area contributed by atoms with Crippen molar-refractivity contribution in [1.82, 2.24) is 5.32 Å². The molecular weight excluding hydrogens is 293 g/mol. The fourth-order valence-corrected chi connectivity index (χ4v) is 2.38. The van der Waals surface area contributed by atoms with Gasteiger partial charge in [0.1, 0.15) is 5.82 Å². The lowest BCUT2D eigenvalue weighted by Crippen LogP contribution is -2.17. The predicted molar refractivity (Wildman–Crippen MR) is 76.2 cm³/mol. The van der Waals surface area contributed by atoms with E-state index in [1.54, 1.807) is 6.07 Å². The van der Waals surface area contributed by atoms with Crippen molar-refractivity contribution >= 4 is 15.9 Å². The first-order valence-corrected chi connectivity index (χ1v) is 6.59. The quantitative estimate of drug-likeness (QED) is 0.896. The van der Waals surface area contributed by atoms with Crippen LogP contribution in [-0.2, 0) is 0 Å². The van der Waals surface area contributed by atoms with Crippen LogP contribution in [-0.4, -0.2) is 7.05 Å². The molecule has 0 radical (unpaired) electrons. The lowest BCUT2D eigenvalue weighted by atomic mass is 9.97. The second-order valence-corrected chi connectivity index (χ2v) is 5.25. The zero-order valence-corrected chi connectivity index (χ0v) is 12.0. The molecule has 94 valence electrons. The van der Waals surface area contributed by atoms with Crippen LogP contribution in [0.5, 0.6) is 0 Å². The summed E-state index contributed by atoms with van der Waals surface area (Å²) in [6.45, 7) is 1.90. The maximum absolute atomic E-state index is 13.5. The molecule has 1 atom stereocenters. The summed E-state index contributed by atoms with van der Waals surface area (Å²) in [5, 5.41) is 3.23. The van der Waals surface area contributed by atoms with E-state index in [0.717, 1.165) is 21.2 Å². The van der Waals surface area contributed by atoms with Gasteiger partial charge in [-0.2, -0.15) is 0 Å². The van der Waals surface area contributed by atoms with Crippen LogP contribution in [0, 0.1) is 12.7 Å². The highest BCUT2D eigenvalue weighted by Crippen LogP contribution is 2.24. The number of nitrogens with one attached hydrogen (secondary N) is 1. The molecule has 0 heterocycles. The van der Waals surface area contributed by atoms with Crippen LogP contribution in [0.3, 0.4) is 0 Å². The van der Waals surface area contributed by atoms with Crippen molar-refractivity contribution in [2.45, 2.75) is 13.0 Å². The zero-order chi connectivity index (χ0) is 13.1. The Morgan fingerprint density at radius 3 is 2.28 bits per heavy atom. The zero-order valence-electron chi connectivity index (χ0n) is 10.4. The highest BCUT2D eigenvalue weighted by atomic mass is 79.9. The average Bonchev–Trinajstić information content (AvgIpc) is 2.31. The van der Waals surface area contributed by atoms with E-state index in [0.29, 0.717) is 0 Å². The molecule has 2 aromatic carbocycles. The van der Waals surface area contributed by atoms with Gasteiger partial charge in [0, 0.05) is 4.47 Å². The van der Waals surface area contributed by atoms with Crippen molar-refractivity contribution in [2.24, 2.45) is 0 Å². The van der Waals surface area contributed by atoms with Crippen molar-refractivity contribution in [2.75, 3.05) is 7.05 Å². The second-order valence-electron chi connectivity index (χ2n) is 4.34. The second kappa shape index (κ2) is 5.63. The van der Waals surface area contributed by atoms with E-state index < -0.39 is 0 Å². The standard InChI is InChI=1S/C15H15BrFN/c1-10-7-12(9-14(17)8-10)15(18-2)11-3-5-13(16)6-4-11/h3-9,15,18H,1-2H3. The molecule has 0 aliphatic carbocycles. The number of benzene rings is 2. The van der Waals surface area contributed by atoms with Gasteiger partial charge in [0.2, 0.25) is 0 Å². The normalized spacial score (nSPS) is 12.4. The van der Waals surface area contributed by atoms with Crippen LogP contribution in [0.25, 0.3) is 0 Å². The van der Waals surface area contributed by atoms with Crippen molar-refractivity contribution in [3.63, 3.8) is 0 Å². The highest BCUT2D eigenvalue weighted by Gasteiger charge is 2.13. The van der Waals surface area contributed by atoms with Gasteiger partial charge >= 0.3 is 0 Å². The van der Waals surface area contributed by atoms with Gasteiger partial charge in [0.25, 0.3) is 0 Å². The SMILES string of the molecule is CNC(c1ccc(Br)cc1)c1cc(C)cc(F)c1. The summed E-state index contributed by atoms with van der Waals surface area (Å²) in [5.74, 6) is -0.192. The minimum absolute atomic E-state index is 0.00694. The molecule has 0 aromatic heterocycles. The molecule has 0 fully saturated rings. The fraction of sp³-hybridized carbons (Fsp3) is 0.200. The van der Waals surface area contributed by atoms with E-state index in [1.807, 2.05) is 44.3 Å². The maximum Gasteiger partial charge on any atom is 0.123 e. The van der Waals surface area contributed by atoms with Crippen molar-refractivity contribution < 1.29 is 4.39 Å². The summed E-state index contributed by atoms with van der Waals surface area (Å²) in [7, 11) is 1.88. The molecule has 0 spiro atoms. The summed E-state index contributed by atoms with van der Waals surface area (Å²) >= 11 is 3.42. The molecule has 1 N–H and O–H groups in total. The molecule has 0 saturated heterocycles. The maximum atomic E-state index is 13.5. The van der Waals surface area contributed by atoms with Crippen LogP contribution >= 0.6 is 15.9 Å². The summed E-state index contributed by atoms with van der Waals surface area (Å²) in [5.41, 5.74) is 2.99. The molecule has 2 aromatic rings. The molecule has 2 rings (SSSR count). The third kappa shape index (κ3) is 2.98. The molecule has 0 amide bonds. The van der Waals surface area contributed by atoms with E-state index in [2.05, 4.69) is 21.2 Å². The van der Waals surface area contributed by atoms with E-state index in [4.69, 9.17) is 0 Å². The van der Waals surface area contributed by atoms with Gasteiger partial charge in [-0.05, 0) is 54.9 Å². The van der Waals surface area contributed by atoms with Crippen LogP contribution in [0.1, 0.15) is 22.7 Å². The Morgan fingerprint density at radius 1 is 1.06 bits per heavy atom. The van der Waals surface area contributed by atoms with Gasteiger partial charge in [-0.1, -0.05) is 34.1 Å². The Balaban J connectivity index is 2.41. The van der Waals surface area contributed by atoms with Gasteiger partial charge in [-0.25, -0.2) is 4.39 Å². The van der Waals surface area contributed by atoms with E-state index in [9.17, 15) is 4.39 Å². The molecule has 0 aliphatic rings. The third-order valence-corrected chi connectivity index (χ3v) is 3.42. The Kier molecular flexibility index (Phi) is 4.15. The molecule has 0 bridgehead atoms. The molecule has 0 aliphatic heterocycles. The summed E-state index contributed by atoms with van der Waals surface area (Å²) in [6.07, 6.45) is 0. The van der Waals surface area contributed by atoms with Crippen LogP contribution in [0.2, 0.25) is 0 Å². The Morgan fingerprint density at radius 2 is 1.72 bits per heavy atom. The highest BCUT2D eigenvalue weighted by molar-refractivity contribution is 9.10. The topological polar surface area (TPSA) is 12.0 Å². The van der Waals surface area contributed by atoms with Gasteiger partial charge in [-0.15, -0.1) is 0 Å². The first-order chi connectivity index (χ1) is 8.60. The first kappa shape index (κ1) is 13.2. The summed E-state index contributed by atoms with van der Waals surface area (Å²) < 4.78 is 14.5. The Bertz CT molecular complexity index is 516. The molecule has 3 heteroatoms. The third-order valence-electron chi connectivity index (χ3n) is 2.89. The molecule has 0 saturated carbocycles. The van der Waals surface area contributed by atoms with Crippen LogP contribution in [0.4, 0.5) is 4.39 Å². The first-order valence-electron chi connectivity index (χ1n) is 5.80. The van der Waals surface area contributed by atoms with Crippen molar-refractivity contribution in [3.05, 3.63) is 69.4 Å². The Labute approximate surface area is 115 Å². The molecule has 1 nitrogen and oxygen atoms in total. The minimum Gasteiger partial charge on any atom is -0.309 e. The minimum atomic E-state index is -0.192. The smallest absolute Gasteiger partial charge is 0.123 e. The van der Waals surface area contributed by atoms with Gasteiger partial charge in [-0.3, -0.25) is 0 Å². The Hall–Kier alpha value is -1.19. The van der Waals surface area contributed by atoms with Gasteiger partial charge in [0.05, 0.1) is 6.04 Å². The van der Waals surface area contributed by atoms with Gasteiger partial charge in [0.15, 0.2) is 0 Å². The largest absolute Gasteiger partial charge is 0.309 e. The summed E-state index contributed by atoms with van der Waals surface area (Å²) in [6, 6.07) is 13.2. The van der Waals surface area contributed by atoms with E-state index in [-0.39, 0.29) is 11.9 Å². The monoisotopic (exact) mass is 307 g/mol. The number of rotatable bonds is 3. The predicted octanol–water partition coefficient (Wildman–Crippen LogP) is 4.21. The van der Waals surface area contributed by atoms with Gasteiger partial charge < -0.3 is 5.32 Å². The van der Waals surface area contributed by atoms with Crippen LogP contribution < -0.4 is 5.32 Å². The lowest BCUT2D eigenvalue weighted by Gasteiger charge is -2.18. The number of aryl methyl sites for hydroxylation is 1. The molecular formula is C15H15BrFN. The number of halogens is 2. The molecule has 18 heavy (non-hydrogen) atoms.